The molecule has 0 aliphatic carbocycles. The molecule has 1 amide bonds. The molecule has 2 aliphatic heterocycles. The summed E-state index contributed by atoms with van der Waals surface area (Å²) in [5, 5.41) is 10.2. The molecule has 1 aromatic carbocycles. The van der Waals surface area contributed by atoms with E-state index < -0.39 is 39.9 Å². The topological polar surface area (TPSA) is 89.9 Å². The first-order valence-electron chi connectivity index (χ1n) is 8.72. The summed E-state index contributed by atoms with van der Waals surface area (Å²) in [7, 11) is -4.16. The van der Waals surface area contributed by atoms with Crippen LogP contribution in [0.25, 0.3) is 0 Å². The number of likely N-dealkylation sites (tertiary alicyclic amines) is 1. The van der Waals surface area contributed by atoms with Crippen LogP contribution in [0.3, 0.4) is 0 Å². The highest BCUT2D eigenvalue weighted by molar-refractivity contribution is 7.92. The van der Waals surface area contributed by atoms with E-state index in [-0.39, 0.29) is 0 Å². The van der Waals surface area contributed by atoms with Crippen molar-refractivity contribution in [3.63, 3.8) is 0 Å². The molecule has 2 fully saturated rings. The van der Waals surface area contributed by atoms with E-state index in [1.165, 1.54) is 12.1 Å². The molecule has 1 aromatic rings. The second kappa shape index (κ2) is 7.03. The number of phenolic OH excluding ortho intramolecular Hbond substituents is 1. The molecule has 1 unspecified atom stereocenters. The molecule has 2 aliphatic rings. The second-order valence-electron chi connectivity index (χ2n) is 7.49. The Bertz CT molecular complexity index is 789. The molecule has 0 aromatic heterocycles. The number of aromatic hydroxyl groups is 1. The van der Waals surface area contributed by atoms with Crippen molar-refractivity contribution < 1.29 is 22.7 Å². The van der Waals surface area contributed by atoms with Crippen molar-refractivity contribution in [2.24, 2.45) is 11.8 Å². The minimum Gasteiger partial charge on any atom is -0.506 e. The van der Waals surface area contributed by atoms with Gasteiger partial charge >= 0.3 is 10.2 Å². The average Bonchev–Trinajstić information content (AvgIpc) is 3.01. The number of anilines is 1. The van der Waals surface area contributed by atoms with Crippen molar-refractivity contribution in [3.05, 3.63) is 23.5 Å². The summed E-state index contributed by atoms with van der Waals surface area (Å²) in [5.41, 5.74) is 0.135. The Labute approximate surface area is 153 Å². The lowest BCUT2D eigenvalue weighted by atomic mass is 9.98. The lowest BCUT2D eigenvalue weighted by Crippen LogP contribution is -2.30. The van der Waals surface area contributed by atoms with Crippen LogP contribution in [0.5, 0.6) is 5.75 Å². The number of nitrogens with zero attached hydrogens (tertiary/aromatic N) is 2. The molecule has 3 rings (SSSR count). The van der Waals surface area contributed by atoms with E-state index in [2.05, 4.69) is 18.7 Å². The zero-order valence-electron chi connectivity index (χ0n) is 14.9. The van der Waals surface area contributed by atoms with Crippen LogP contribution in [-0.4, -0.2) is 50.5 Å². The number of rotatable bonds is 5. The van der Waals surface area contributed by atoms with Crippen LogP contribution in [0.4, 0.5) is 10.1 Å². The van der Waals surface area contributed by atoms with Crippen LogP contribution in [0, 0.1) is 17.7 Å². The van der Waals surface area contributed by atoms with Crippen LogP contribution in [-0.2, 0) is 21.4 Å². The minimum absolute atomic E-state index is 0.372. The zero-order chi connectivity index (χ0) is 19.1. The number of phenols is 1. The molecule has 2 saturated heterocycles. The monoisotopic (exact) mass is 385 g/mol. The highest BCUT2D eigenvalue weighted by atomic mass is 32.2. The highest BCUT2D eigenvalue weighted by Crippen LogP contribution is 2.35. The molecule has 2 N–H and O–H groups in total. The maximum atomic E-state index is 14.5. The largest absolute Gasteiger partial charge is 0.506 e. The van der Waals surface area contributed by atoms with E-state index in [0.29, 0.717) is 28.1 Å². The molecule has 1 atom stereocenters. The number of amides is 1. The summed E-state index contributed by atoms with van der Waals surface area (Å²) >= 11 is 0. The molecule has 0 spiro atoms. The van der Waals surface area contributed by atoms with Gasteiger partial charge in [0.2, 0.25) is 0 Å². The van der Waals surface area contributed by atoms with Gasteiger partial charge in [-0.2, -0.15) is 8.42 Å². The number of benzene rings is 1. The third-order valence-electron chi connectivity index (χ3n) is 4.69. The fraction of sp³-hybridized carbons (Fsp3) is 0.588. The summed E-state index contributed by atoms with van der Waals surface area (Å²) < 4.78 is 40.6. The van der Waals surface area contributed by atoms with E-state index in [0.717, 1.165) is 26.1 Å². The van der Waals surface area contributed by atoms with Crippen LogP contribution < -0.4 is 9.03 Å². The number of hydrogen-bond donors (Lipinski definition) is 2. The number of nitrogens with one attached hydrogen (secondary N) is 1. The molecule has 2 heterocycles. The predicted octanol–water partition coefficient (Wildman–Crippen LogP) is 1.23. The third-order valence-corrected chi connectivity index (χ3v) is 6.07. The summed E-state index contributed by atoms with van der Waals surface area (Å²) in [5.74, 6) is -1.12. The Hall–Kier alpha value is -1.87. The van der Waals surface area contributed by atoms with Crippen molar-refractivity contribution >= 4 is 21.8 Å². The Balaban J connectivity index is 1.75. The van der Waals surface area contributed by atoms with Gasteiger partial charge in [0, 0.05) is 13.1 Å². The van der Waals surface area contributed by atoms with E-state index in [1.807, 2.05) is 0 Å². The first-order chi connectivity index (χ1) is 12.2. The maximum absolute atomic E-state index is 14.5. The van der Waals surface area contributed by atoms with Crippen molar-refractivity contribution in [2.45, 2.75) is 26.7 Å². The van der Waals surface area contributed by atoms with Crippen LogP contribution in [0.15, 0.2) is 12.1 Å². The molecule has 144 valence electrons. The van der Waals surface area contributed by atoms with Crippen LogP contribution >= 0.6 is 0 Å². The lowest BCUT2D eigenvalue weighted by molar-refractivity contribution is -0.117. The number of carbonyl (C=O) groups is 1. The first kappa shape index (κ1) is 18.9. The van der Waals surface area contributed by atoms with E-state index in [4.69, 9.17) is 0 Å². The highest BCUT2D eigenvalue weighted by Gasteiger charge is 2.37. The molecule has 0 bridgehead atoms. The summed E-state index contributed by atoms with van der Waals surface area (Å²) in [6, 6.07) is 2.64. The summed E-state index contributed by atoms with van der Waals surface area (Å²) in [6.07, 6.45) is 1.62. The quantitative estimate of drug-likeness (QED) is 0.796. The summed E-state index contributed by atoms with van der Waals surface area (Å²) in [6.45, 7) is 6.77. The molecular weight excluding hydrogens is 361 g/mol. The fourth-order valence-electron chi connectivity index (χ4n) is 3.74. The number of hydrogen-bond acceptors (Lipinski definition) is 5. The van der Waals surface area contributed by atoms with Gasteiger partial charge in [-0.1, -0.05) is 13.8 Å². The van der Waals surface area contributed by atoms with Gasteiger partial charge in [-0.15, -0.1) is 0 Å². The average molecular weight is 385 g/mol. The molecule has 9 heteroatoms. The van der Waals surface area contributed by atoms with E-state index in [1.54, 1.807) is 4.72 Å². The van der Waals surface area contributed by atoms with Gasteiger partial charge in [-0.05, 0) is 48.9 Å². The maximum Gasteiger partial charge on any atom is 0.326 e. The minimum atomic E-state index is -4.16. The van der Waals surface area contributed by atoms with Gasteiger partial charge in [0.15, 0.2) is 5.82 Å². The van der Waals surface area contributed by atoms with Gasteiger partial charge in [-0.3, -0.25) is 4.79 Å². The fourth-order valence-corrected chi connectivity index (χ4v) is 4.92. The SMILES string of the molecule is CC(C)CN1CCC(Cc2cc(O)c(N3CC(=O)NS3(=O)=O)c(F)c2)C1. The van der Waals surface area contributed by atoms with Gasteiger partial charge < -0.3 is 10.0 Å². The van der Waals surface area contributed by atoms with E-state index >= 15 is 0 Å². The standard InChI is InChI=1S/C17H24FN3O4S/c1-11(2)8-20-4-3-12(9-20)5-13-6-14(18)17(15(22)7-13)21-10-16(23)19-26(21,24)25/h6-7,11-12,22H,3-5,8-10H2,1-2H3,(H,19,23). The smallest absolute Gasteiger partial charge is 0.326 e. The second-order valence-corrected chi connectivity index (χ2v) is 9.09. The van der Waals surface area contributed by atoms with Crippen molar-refractivity contribution in [2.75, 3.05) is 30.5 Å². The van der Waals surface area contributed by atoms with Gasteiger partial charge in [0.05, 0.1) is 0 Å². The van der Waals surface area contributed by atoms with Crippen molar-refractivity contribution in [1.82, 2.24) is 9.62 Å². The van der Waals surface area contributed by atoms with Crippen molar-refractivity contribution in [3.8, 4) is 5.75 Å². The van der Waals surface area contributed by atoms with Gasteiger partial charge in [0.25, 0.3) is 5.91 Å². The molecule has 26 heavy (non-hydrogen) atoms. The Kier molecular flexibility index (Phi) is 5.12. The molecule has 7 nitrogen and oxygen atoms in total. The third kappa shape index (κ3) is 3.93. The molecule has 0 radical (unpaired) electrons. The number of halogens is 1. The zero-order valence-corrected chi connectivity index (χ0v) is 15.7. The van der Waals surface area contributed by atoms with Gasteiger partial charge in [-0.25, -0.2) is 13.4 Å². The van der Waals surface area contributed by atoms with Crippen LogP contribution in [0.1, 0.15) is 25.8 Å². The predicted molar refractivity (Wildman–Crippen MR) is 95.6 cm³/mol. The Morgan fingerprint density at radius 2 is 2.12 bits per heavy atom. The number of carbonyl (C=O) groups excluding carboxylic acids is 1. The van der Waals surface area contributed by atoms with Crippen molar-refractivity contribution in [1.29, 1.82) is 0 Å². The van der Waals surface area contributed by atoms with Crippen LogP contribution in [0.2, 0.25) is 0 Å². The lowest BCUT2D eigenvalue weighted by Gasteiger charge is -2.19. The van der Waals surface area contributed by atoms with Gasteiger partial charge in [0.1, 0.15) is 18.0 Å². The normalized spacial score (nSPS) is 23.0. The molecular formula is C17H24FN3O4S. The Morgan fingerprint density at radius 3 is 2.69 bits per heavy atom. The van der Waals surface area contributed by atoms with E-state index in [9.17, 15) is 22.7 Å². The molecule has 0 saturated carbocycles. The first-order valence-corrected chi connectivity index (χ1v) is 10.2. The Morgan fingerprint density at radius 1 is 1.38 bits per heavy atom. The summed E-state index contributed by atoms with van der Waals surface area (Å²) in [4.78, 5) is 13.7.